The van der Waals surface area contributed by atoms with Crippen LogP contribution in [0.4, 0.5) is 5.69 Å². The number of thiophene rings is 1. The normalized spacial score (nSPS) is 20.9. The lowest BCUT2D eigenvalue weighted by molar-refractivity contribution is -0.136. The minimum Gasteiger partial charge on any atom is -0.465 e. The molecular weight excluding hydrogens is 476 g/mol. The maximum atomic E-state index is 14.1. The molecule has 3 rings (SSSR count). The molecule has 0 N–H and O–H groups in total. The van der Waals surface area contributed by atoms with Crippen molar-refractivity contribution in [1.29, 1.82) is 0 Å². The van der Waals surface area contributed by atoms with Gasteiger partial charge in [-0.1, -0.05) is 18.8 Å². The summed E-state index contributed by atoms with van der Waals surface area (Å²) in [6, 6.07) is 0.903. The van der Waals surface area contributed by atoms with Crippen LogP contribution in [0.15, 0.2) is 6.07 Å². The van der Waals surface area contributed by atoms with Gasteiger partial charge < -0.3 is 14.4 Å². The Hall–Kier alpha value is -2.37. The van der Waals surface area contributed by atoms with Crippen molar-refractivity contribution in [3.8, 4) is 11.8 Å². The van der Waals surface area contributed by atoms with Crippen molar-refractivity contribution in [1.82, 2.24) is 4.90 Å². The molecule has 2 aliphatic rings. The third kappa shape index (κ3) is 6.89. The van der Waals surface area contributed by atoms with E-state index in [4.69, 9.17) is 9.47 Å². The second kappa shape index (κ2) is 12.2. The van der Waals surface area contributed by atoms with Gasteiger partial charge in [-0.25, -0.2) is 4.79 Å². The number of hydrogen-bond acceptors (Lipinski definition) is 6. The van der Waals surface area contributed by atoms with Gasteiger partial charge in [-0.3, -0.25) is 14.5 Å². The molecule has 0 spiro atoms. The van der Waals surface area contributed by atoms with Crippen LogP contribution in [0.25, 0.3) is 0 Å². The number of methoxy groups -OCH3 is 2. The number of anilines is 1. The predicted molar refractivity (Wildman–Crippen MR) is 142 cm³/mol. The second-order valence-corrected chi connectivity index (χ2v) is 12.0. The fourth-order valence-electron chi connectivity index (χ4n) is 4.82. The van der Waals surface area contributed by atoms with Crippen LogP contribution < -0.4 is 4.90 Å². The molecule has 1 aromatic rings. The Morgan fingerprint density at radius 1 is 1.14 bits per heavy atom. The molecule has 2 fully saturated rings. The minimum absolute atomic E-state index is 0.0453. The number of rotatable bonds is 7. The molecule has 1 saturated carbocycles. The molecule has 1 aliphatic carbocycles. The number of hydrogen-bond donors (Lipinski definition) is 0. The third-order valence-corrected chi connectivity index (χ3v) is 7.86. The summed E-state index contributed by atoms with van der Waals surface area (Å²) in [6.07, 6.45) is 5.35. The van der Waals surface area contributed by atoms with Gasteiger partial charge in [-0.15, -0.1) is 11.3 Å². The first-order chi connectivity index (χ1) is 17.1. The number of likely N-dealkylation sites (tertiary alicyclic amines) is 1. The fraction of sp³-hybridized carbons (Fsp3) is 0.679. The first kappa shape index (κ1) is 28.2. The van der Waals surface area contributed by atoms with Crippen LogP contribution in [-0.2, 0) is 19.1 Å². The van der Waals surface area contributed by atoms with Crippen LogP contribution in [0.3, 0.4) is 0 Å². The van der Waals surface area contributed by atoms with Crippen LogP contribution in [0.2, 0.25) is 0 Å². The highest BCUT2D eigenvalue weighted by Gasteiger charge is 2.40. The van der Waals surface area contributed by atoms with E-state index in [-0.39, 0.29) is 34.6 Å². The van der Waals surface area contributed by atoms with E-state index in [9.17, 15) is 14.4 Å². The summed E-state index contributed by atoms with van der Waals surface area (Å²) in [6.45, 7) is 9.62. The fourth-order valence-corrected chi connectivity index (χ4v) is 5.74. The Bertz CT molecular complexity index is 1000. The van der Waals surface area contributed by atoms with Crippen LogP contribution in [0.5, 0.6) is 0 Å². The molecule has 1 saturated heterocycles. The quantitative estimate of drug-likeness (QED) is 0.387. The van der Waals surface area contributed by atoms with Crippen molar-refractivity contribution in [2.45, 2.75) is 72.3 Å². The predicted octanol–water partition coefficient (Wildman–Crippen LogP) is 4.73. The molecular formula is C28H40N2O5S. The molecule has 36 heavy (non-hydrogen) atoms. The van der Waals surface area contributed by atoms with Gasteiger partial charge in [0.05, 0.1) is 24.3 Å². The van der Waals surface area contributed by atoms with Gasteiger partial charge in [0.1, 0.15) is 10.9 Å². The molecule has 198 valence electrons. The lowest BCUT2D eigenvalue weighted by Crippen LogP contribution is -2.55. The Labute approximate surface area is 219 Å². The van der Waals surface area contributed by atoms with Gasteiger partial charge in [0.2, 0.25) is 11.8 Å². The Morgan fingerprint density at radius 3 is 2.33 bits per heavy atom. The summed E-state index contributed by atoms with van der Waals surface area (Å²) in [5, 5.41) is 0. The average Bonchev–Trinajstić information content (AvgIpc) is 3.52. The first-order valence-electron chi connectivity index (χ1n) is 12.9. The summed E-state index contributed by atoms with van der Waals surface area (Å²) in [7, 11) is 2.85. The Balaban J connectivity index is 2.12. The van der Waals surface area contributed by atoms with Crippen LogP contribution in [0.1, 0.15) is 80.8 Å². The SMILES string of the molecule is COCC(C(=O)N1CCCC1)N(C(=O)C1CCC(C)CC1)c1cc(C#CC(C)(C)C)sc1C(=O)OC. The van der Waals surface area contributed by atoms with E-state index >= 15 is 0 Å². The summed E-state index contributed by atoms with van der Waals surface area (Å²) in [4.78, 5) is 45.0. The van der Waals surface area contributed by atoms with Gasteiger partial charge in [0.15, 0.2) is 0 Å². The highest BCUT2D eigenvalue weighted by atomic mass is 32.1. The van der Waals surface area contributed by atoms with Crippen LogP contribution >= 0.6 is 11.3 Å². The smallest absolute Gasteiger partial charge is 0.350 e. The van der Waals surface area contributed by atoms with Crippen LogP contribution in [-0.4, -0.2) is 62.6 Å². The standard InChI is InChI=1S/C28H40N2O5S/c1-19-9-11-20(12-10-19)25(31)30(23(18-34-5)26(32)29-15-7-8-16-29)22-17-21(13-14-28(2,3)4)36-24(22)27(33)35-6/h17,19-20,23H,7-12,15-16,18H2,1-6H3. The Kier molecular flexibility index (Phi) is 9.59. The van der Waals surface area contributed by atoms with Crippen molar-refractivity contribution in [2.75, 3.05) is 38.8 Å². The molecule has 2 amide bonds. The van der Waals surface area contributed by atoms with E-state index in [1.807, 2.05) is 20.8 Å². The molecule has 8 heteroatoms. The highest BCUT2D eigenvalue weighted by Crippen LogP contribution is 2.37. The lowest BCUT2D eigenvalue weighted by atomic mass is 9.82. The molecule has 0 bridgehead atoms. The van der Waals surface area contributed by atoms with E-state index in [1.165, 1.54) is 30.5 Å². The zero-order valence-electron chi connectivity index (χ0n) is 22.5. The monoisotopic (exact) mass is 516 g/mol. The molecule has 2 heterocycles. The van der Waals surface area contributed by atoms with Gasteiger partial charge in [-0.2, -0.15) is 0 Å². The molecule has 1 atom stereocenters. The molecule has 0 aromatic carbocycles. The van der Waals surface area contributed by atoms with E-state index in [0.717, 1.165) is 38.5 Å². The molecule has 1 aliphatic heterocycles. The molecule has 7 nitrogen and oxygen atoms in total. The van der Waals surface area contributed by atoms with Gasteiger partial charge in [-0.05, 0) is 71.3 Å². The van der Waals surface area contributed by atoms with E-state index in [2.05, 4.69) is 18.8 Å². The van der Waals surface area contributed by atoms with Gasteiger partial charge in [0, 0.05) is 31.5 Å². The summed E-state index contributed by atoms with van der Waals surface area (Å²) in [5.74, 6) is 5.91. The number of esters is 1. The maximum absolute atomic E-state index is 14.1. The third-order valence-electron chi connectivity index (χ3n) is 6.85. The topological polar surface area (TPSA) is 76.2 Å². The summed E-state index contributed by atoms with van der Waals surface area (Å²) in [5.41, 5.74) is 0.164. The first-order valence-corrected chi connectivity index (χ1v) is 13.7. The van der Waals surface area contributed by atoms with E-state index < -0.39 is 12.0 Å². The number of ether oxygens (including phenoxy) is 2. The summed E-state index contributed by atoms with van der Waals surface area (Å²) >= 11 is 1.20. The highest BCUT2D eigenvalue weighted by molar-refractivity contribution is 7.15. The zero-order chi connectivity index (χ0) is 26.5. The van der Waals surface area contributed by atoms with E-state index in [1.54, 1.807) is 11.0 Å². The van der Waals surface area contributed by atoms with Gasteiger partial charge in [0.25, 0.3) is 0 Å². The van der Waals surface area contributed by atoms with Crippen molar-refractivity contribution in [3.05, 3.63) is 15.8 Å². The number of amides is 2. The molecule has 1 unspecified atom stereocenters. The summed E-state index contributed by atoms with van der Waals surface area (Å²) < 4.78 is 10.6. The largest absolute Gasteiger partial charge is 0.465 e. The van der Waals surface area contributed by atoms with Crippen molar-refractivity contribution in [2.24, 2.45) is 17.3 Å². The van der Waals surface area contributed by atoms with Crippen molar-refractivity contribution in [3.63, 3.8) is 0 Å². The van der Waals surface area contributed by atoms with Crippen LogP contribution in [0, 0.1) is 29.1 Å². The van der Waals surface area contributed by atoms with Crippen molar-refractivity contribution < 1.29 is 23.9 Å². The number of carbonyl (C=O) groups excluding carboxylic acids is 3. The molecule has 0 radical (unpaired) electrons. The average molecular weight is 517 g/mol. The zero-order valence-corrected chi connectivity index (χ0v) is 23.3. The minimum atomic E-state index is -0.860. The Morgan fingerprint density at radius 2 is 1.78 bits per heavy atom. The lowest BCUT2D eigenvalue weighted by Gasteiger charge is -2.36. The van der Waals surface area contributed by atoms with Gasteiger partial charge >= 0.3 is 5.97 Å². The number of carbonyl (C=O) groups is 3. The van der Waals surface area contributed by atoms with Crippen molar-refractivity contribution >= 4 is 34.8 Å². The molecule has 1 aromatic heterocycles. The number of nitrogens with zero attached hydrogens (tertiary/aromatic N) is 2. The van der Waals surface area contributed by atoms with E-state index in [0.29, 0.717) is 29.6 Å². The maximum Gasteiger partial charge on any atom is 0.350 e. The second-order valence-electron chi connectivity index (χ2n) is 11.0.